The highest BCUT2D eigenvalue weighted by Gasteiger charge is 2.35. The Morgan fingerprint density at radius 3 is 2.33 bits per heavy atom. The van der Waals surface area contributed by atoms with E-state index in [4.69, 9.17) is 0 Å². The Labute approximate surface area is 165 Å². The predicted molar refractivity (Wildman–Crippen MR) is 104 cm³/mol. The van der Waals surface area contributed by atoms with Gasteiger partial charge in [0, 0.05) is 27.4 Å². The molecule has 0 amide bonds. The van der Waals surface area contributed by atoms with Crippen molar-refractivity contribution in [1.29, 1.82) is 0 Å². The zero-order chi connectivity index (χ0) is 20.4. The molecule has 0 fully saturated rings. The van der Waals surface area contributed by atoms with Crippen LogP contribution >= 0.6 is 12.6 Å². The number of aldehydes is 1. The van der Waals surface area contributed by atoms with Crippen molar-refractivity contribution < 1.29 is 22.5 Å². The highest BCUT2D eigenvalue weighted by Crippen LogP contribution is 2.41. The summed E-state index contributed by atoms with van der Waals surface area (Å²) in [7, 11) is 0. The molecule has 0 radical (unpaired) electrons. The fourth-order valence-corrected chi connectivity index (χ4v) is 3.68. The van der Waals surface area contributed by atoms with E-state index in [2.05, 4.69) is 17.4 Å². The average molecular weight is 416 g/mol. The Kier molecular flexibility index (Phi) is 6.68. The Morgan fingerprint density at radius 1 is 1.15 bits per heavy atom. The van der Waals surface area contributed by atoms with Gasteiger partial charge in [0.05, 0.1) is 12.1 Å². The van der Waals surface area contributed by atoms with E-state index in [0.717, 1.165) is 6.07 Å². The molecule has 0 aliphatic heterocycles. The van der Waals surface area contributed by atoms with Gasteiger partial charge in [0.25, 0.3) is 0 Å². The summed E-state index contributed by atoms with van der Waals surface area (Å²) in [6.45, 7) is 5.43. The van der Waals surface area contributed by atoms with Crippen molar-refractivity contribution in [3.05, 3.63) is 53.1 Å². The molecule has 3 nitrogen and oxygen atoms in total. The lowest BCUT2D eigenvalue weighted by molar-refractivity contribution is -0.139. The van der Waals surface area contributed by atoms with Crippen LogP contribution in [0.4, 0.5) is 13.2 Å². The van der Waals surface area contributed by atoms with Gasteiger partial charge in [-0.2, -0.15) is 13.2 Å². The first-order chi connectivity index (χ1) is 12.5. The van der Waals surface area contributed by atoms with Crippen LogP contribution in [0.1, 0.15) is 42.3 Å². The molecule has 0 aromatic heterocycles. The first kappa shape index (κ1) is 21.8. The van der Waals surface area contributed by atoms with Gasteiger partial charge in [-0.25, -0.2) is 0 Å². The van der Waals surface area contributed by atoms with E-state index in [-0.39, 0.29) is 22.6 Å². The molecule has 0 spiro atoms. The lowest BCUT2D eigenvalue weighted by atomic mass is 9.93. The molecule has 2 aromatic rings. The van der Waals surface area contributed by atoms with E-state index in [9.17, 15) is 22.5 Å². The Hall–Kier alpha value is -1.48. The largest absolute Gasteiger partial charge is 0.598 e. The Morgan fingerprint density at radius 2 is 1.78 bits per heavy atom. The minimum Gasteiger partial charge on any atom is -0.598 e. The molecule has 0 bridgehead atoms. The maximum atomic E-state index is 13.3. The fraction of sp³-hybridized carbons (Fsp3) is 0.316. The number of hydrogen-bond acceptors (Lipinski definition) is 4. The summed E-state index contributed by atoms with van der Waals surface area (Å²) >= 11 is 2.73. The molecule has 0 aliphatic rings. The Bertz CT molecular complexity index is 833. The number of halogens is 3. The van der Waals surface area contributed by atoms with Gasteiger partial charge < -0.3 is 4.55 Å². The van der Waals surface area contributed by atoms with E-state index < -0.39 is 27.8 Å². The Balaban J connectivity index is 2.60. The third kappa shape index (κ3) is 5.07. The number of rotatable bonds is 5. The van der Waals surface area contributed by atoms with E-state index in [1.165, 1.54) is 12.1 Å². The van der Waals surface area contributed by atoms with Crippen LogP contribution in [0.25, 0.3) is 11.1 Å². The van der Waals surface area contributed by atoms with Crippen LogP contribution in [0.3, 0.4) is 0 Å². The maximum Gasteiger partial charge on any atom is 0.417 e. The van der Waals surface area contributed by atoms with Crippen LogP contribution in [-0.4, -0.2) is 15.6 Å². The molecule has 146 valence electrons. The summed E-state index contributed by atoms with van der Waals surface area (Å²) in [5.41, 5.74) is 0.392. The zero-order valence-electron chi connectivity index (χ0n) is 15.1. The van der Waals surface area contributed by atoms with Crippen molar-refractivity contribution in [2.45, 2.75) is 43.1 Å². The molecule has 27 heavy (non-hydrogen) atoms. The number of benzene rings is 2. The first-order valence-electron chi connectivity index (χ1n) is 8.08. The molecule has 2 aromatic carbocycles. The highest BCUT2D eigenvalue weighted by atomic mass is 32.2. The van der Waals surface area contributed by atoms with Crippen molar-refractivity contribution in [3.8, 4) is 11.1 Å². The number of alkyl halides is 3. The lowest BCUT2D eigenvalue weighted by Crippen LogP contribution is -2.39. The van der Waals surface area contributed by atoms with Gasteiger partial charge in [0.2, 0.25) is 0 Å². The fourth-order valence-electron chi connectivity index (χ4n) is 2.50. The summed E-state index contributed by atoms with van der Waals surface area (Å²) in [6.07, 6.45) is -3.99. The van der Waals surface area contributed by atoms with Crippen LogP contribution in [-0.2, 0) is 24.1 Å². The van der Waals surface area contributed by atoms with Crippen molar-refractivity contribution >= 4 is 30.3 Å². The molecule has 8 heteroatoms. The van der Waals surface area contributed by atoms with Gasteiger partial charge >= 0.3 is 6.18 Å². The summed E-state index contributed by atoms with van der Waals surface area (Å²) in [4.78, 5) is 11.1. The summed E-state index contributed by atoms with van der Waals surface area (Å²) in [5.74, 6) is 0. The molecular formula is C19H20F3NO2S2. The second-order valence-electron chi connectivity index (χ2n) is 6.90. The van der Waals surface area contributed by atoms with Gasteiger partial charge in [-0.15, -0.1) is 17.4 Å². The second-order valence-corrected chi connectivity index (χ2v) is 9.40. The van der Waals surface area contributed by atoms with Crippen molar-refractivity contribution in [1.82, 2.24) is 4.72 Å². The smallest absolute Gasteiger partial charge is 0.417 e. The van der Waals surface area contributed by atoms with E-state index in [1.807, 2.05) is 0 Å². The summed E-state index contributed by atoms with van der Waals surface area (Å²) < 4.78 is 54.6. The number of thiol groups is 1. The minimum atomic E-state index is -4.58. The quantitative estimate of drug-likeness (QED) is 0.409. The molecule has 0 saturated carbocycles. The number of carbonyl (C=O) groups excluding carboxylic acids is 1. The van der Waals surface area contributed by atoms with Gasteiger partial charge in [0.15, 0.2) is 6.29 Å². The molecule has 1 unspecified atom stereocenters. The number of hydrogen-bond donors (Lipinski definition) is 2. The number of nitrogens with one attached hydrogen (secondary N) is 1. The molecular weight excluding hydrogens is 395 g/mol. The van der Waals surface area contributed by atoms with Crippen LogP contribution in [0.2, 0.25) is 0 Å². The molecule has 1 N–H and O–H groups in total. The van der Waals surface area contributed by atoms with Crippen molar-refractivity contribution in [2.75, 3.05) is 0 Å². The van der Waals surface area contributed by atoms with Gasteiger partial charge in [-0.3, -0.25) is 4.79 Å². The minimum absolute atomic E-state index is 0.0676. The first-order valence-corrected chi connectivity index (χ1v) is 9.68. The molecule has 0 saturated heterocycles. The summed E-state index contributed by atoms with van der Waals surface area (Å²) in [5, 5.41) is 0. The predicted octanol–water partition coefficient (Wildman–Crippen LogP) is 5.03. The third-order valence-electron chi connectivity index (χ3n) is 3.88. The molecule has 1 atom stereocenters. The number of carbonyl (C=O) groups is 1. The normalized spacial score (nSPS) is 13.5. The van der Waals surface area contributed by atoms with Crippen LogP contribution < -0.4 is 4.72 Å². The highest BCUT2D eigenvalue weighted by molar-refractivity contribution is 7.90. The van der Waals surface area contributed by atoms with Gasteiger partial charge in [0.1, 0.15) is 4.75 Å². The lowest BCUT2D eigenvalue weighted by Gasteiger charge is -2.25. The van der Waals surface area contributed by atoms with Gasteiger partial charge in [-0.05, 0) is 38.0 Å². The standard InChI is InChI=1S/C19H20F3NO2S2/c1-18(2,3)27(25)23-10-12-8-9-15(19(20,21)22)17(26)16(12)14-7-5-4-6-13(14)11-24/h4-9,11,23,26H,10H2,1-3H3. The van der Waals surface area contributed by atoms with E-state index in [1.54, 1.807) is 39.0 Å². The van der Waals surface area contributed by atoms with Crippen molar-refractivity contribution in [3.63, 3.8) is 0 Å². The topological polar surface area (TPSA) is 52.2 Å². The van der Waals surface area contributed by atoms with E-state index in [0.29, 0.717) is 17.4 Å². The third-order valence-corrected chi connectivity index (χ3v) is 5.86. The molecule has 2 rings (SSSR count). The zero-order valence-corrected chi connectivity index (χ0v) is 16.8. The van der Waals surface area contributed by atoms with Crippen LogP contribution in [0.5, 0.6) is 0 Å². The average Bonchev–Trinajstić information content (AvgIpc) is 2.57. The maximum absolute atomic E-state index is 13.3. The van der Waals surface area contributed by atoms with Crippen LogP contribution in [0, 0.1) is 0 Å². The summed E-state index contributed by atoms with van der Waals surface area (Å²) in [6, 6.07) is 8.65. The second kappa shape index (κ2) is 8.26. The SMILES string of the molecule is CC(C)(C)[S+]([O-])NCc1ccc(C(F)(F)F)c(S)c1-c1ccccc1C=O. The van der Waals surface area contributed by atoms with Gasteiger partial charge in [-0.1, -0.05) is 30.3 Å². The monoisotopic (exact) mass is 415 g/mol. The molecule has 0 heterocycles. The van der Waals surface area contributed by atoms with E-state index >= 15 is 0 Å². The van der Waals surface area contributed by atoms with Crippen molar-refractivity contribution in [2.24, 2.45) is 0 Å². The van der Waals surface area contributed by atoms with Crippen LogP contribution in [0.15, 0.2) is 41.3 Å². The molecule has 0 aliphatic carbocycles.